The molecule has 1 fully saturated rings. The second-order valence-electron chi connectivity index (χ2n) is 7.12. The van der Waals surface area contributed by atoms with Crippen LogP contribution in [0.25, 0.3) is 10.9 Å². The first-order valence-electron chi connectivity index (χ1n) is 9.21. The normalized spacial score (nSPS) is 24.3. The summed E-state index contributed by atoms with van der Waals surface area (Å²) in [5, 5.41) is 2.46. The van der Waals surface area contributed by atoms with Crippen LogP contribution in [0.2, 0.25) is 0 Å². The van der Waals surface area contributed by atoms with Gasteiger partial charge in [0.25, 0.3) is 5.91 Å². The number of nitrogens with zero attached hydrogens (tertiary/aromatic N) is 3. The van der Waals surface area contributed by atoms with Gasteiger partial charge in [0.1, 0.15) is 12.8 Å². The average molecular weight is 359 g/mol. The molecule has 0 saturated carbocycles. The van der Waals surface area contributed by atoms with E-state index < -0.39 is 0 Å². The monoisotopic (exact) mass is 359 g/mol. The summed E-state index contributed by atoms with van der Waals surface area (Å²) in [5.41, 5.74) is 2.93. The molecular formula is C22H21N3O2. The SMILES string of the molecule is Cn1cc(C(=O)N2CN3CC=CC(O2)C3c2ccccc2)c2ccccc21. The highest BCUT2D eigenvalue weighted by Crippen LogP contribution is 2.35. The van der Waals surface area contributed by atoms with Crippen LogP contribution >= 0.6 is 0 Å². The number of aromatic nitrogens is 1. The zero-order valence-corrected chi connectivity index (χ0v) is 15.2. The number of para-hydroxylation sites is 1. The third kappa shape index (κ3) is 2.67. The summed E-state index contributed by atoms with van der Waals surface area (Å²) in [4.78, 5) is 21.7. The topological polar surface area (TPSA) is 37.7 Å². The van der Waals surface area contributed by atoms with Crippen LogP contribution in [-0.2, 0) is 11.9 Å². The fourth-order valence-corrected chi connectivity index (χ4v) is 4.15. The molecular weight excluding hydrogens is 338 g/mol. The number of rotatable bonds is 2. The van der Waals surface area contributed by atoms with E-state index in [4.69, 9.17) is 4.84 Å². The van der Waals surface area contributed by atoms with E-state index in [1.165, 1.54) is 10.6 Å². The van der Waals surface area contributed by atoms with Crippen molar-refractivity contribution in [2.24, 2.45) is 7.05 Å². The molecule has 3 unspecified atom stereocenters. The van der Waals surface area contributed by atoms with Crippen molar-refractivity contribution < 1.29 is 9.63 Å². The molecule has 0 aliphatic carbocycles. The van der Waals surface area contributed by atoms with Gasteiger partial charge in [0.05, 0.1) is 11.6 Å². The van der Waals surface area contributed by atoms with Crippen LogP contribution in [-0.4, -0.2) is 39.8 Å². The number of hydroxylamine groups is 2. The molecule has 1 saturated heterocycles. The van der Waals surface area contributed by atoms with Crippen molar-refractivity contribution in [3.05, 3.63) is 84.1 Å². The Morgan fingerprint density at radius 3 is 2.67 bits per heavy atom. The van der Waals surface area contributed by atoms with E-state index in [9.17, 15) is 4.79 Å². The van der Waals surface area contributed by atoms with E-state index in [-0.39, 0.29) is 18.1 Å². The van der Waals surface area contributed by atoms with Crippen molar-refractivity contribution in [3.8, 4) is 0 Å². The number of aryl methyl sites for hydroxylation is 1. The lowest BCUT2D eigenvalue weighted by Gasteiger charge is -2.46. The standard InChI is InChI=1S/C22H21N3O2/c1-23-14-18(17-10-5-6-11-19(17)23)22(26)25-15-24-13-7-12-20(27-25)21(24)16-8-3-2-4-9-16/h2-12,14,20-21H,13,15H2,1H3. The van der Waals surface area contributed by atoms with Gasteiger partial charge in [0.2, 0.25) is 0 Å². The average Bonchev–Trinajstić information content (AvgIpc) is 3.04. The molecule has 136 valence electrons. The first-order valence-corrected chi connectivity index (χ1v) is 9.21. The van der Waals surface area contributed by atoms with Gasteiger partial charge in [-0.25, -0.2) is 5.06 Å². The third-order valence-corrected chi connectivity index (χ3v) is 5.42. The van der Waals surface area contributed by atoms with E-state index in [0.29, 0.717) is 12.2 Å². The minimum absolute atomic E-state index is 0.0939. The van der Waals surface area contributed by atoms with Gasteiger partial charge < -0.3 is 4.57 Å². The number of benzene rings is 2. The predicted molar refractivity (Wildman–Crippen MR) is 104 cm³/mol. The van der Waals surface area contributed by atoms with Crippen molar-refractivity contribution in [2.45, 2.75) is 12.1 Å². The summed E-state index contributed by atoms with van der Waals surface area (Å²) in [6.07, 6.45) is 5.90. The molecule has 5 rings (SSSR count). The van der Waals surface area contributed by atoms with Crippen molar-refractivity contribution in [1.82, 2.24) is 14.5 Å². The summed E-state index contributed by atoms with van der Waals surface area (Å²) in [7, 11) is 1.96. The van der Waals surface area contributed by atoms with Crippen LogP contribution in [0.1, 0.15) is 22.0 Å². The highest BCUT2D eigenvalue weighted by molar-refractivity contribution is 6.06. The number of hydrogen-bond donors (Lipinski definition) is 0. The Morgan fingerprint density at radius 2 is 1.85 bits per heavy atom. The lowest BCUT2D eigenvalue weighted by atomic mass is 9.96. The Labute approximate surface area is 158 Å². The molecule has 3 heterocycles. The van der Waals surface area contributed by atoms with Crippen LogP contribution < -0.4 is 0 Å². The van der Waals surface area contributed by atoms with Crippen LogP contribution in [0.5, 0.6) is 0 Å². The maximum absolute atomic E-state index is 13.2. The Bertz CT molecular complexity index is 1020. The van der Waals surface area contributed by atoms with Gasteiger partial charge in [0, 0.05) is 30.7 Å². The molecule has 2 aromatic carbocycles. The quantitative estimate of drug-likeness (QED) is 0.657. The van der Waals surface area contributed by atoms with E-state index in [1.807, 2.05) is 60.3 Å². The van der Waals surface area contributed by atoms with Crippen LogP contribution in [0.15, 0.2) is 72.9 Å². The van der Waals surface area contributed by atoms with Gasteiger partial charge in [-0.05, 0) is 11.6 Å². The lowest BCUT2D eigenvalue weighted by Crippen LogP contribution is -2.55. The van der Waals surface area contributed by atoms with Gasteiger partial charge >= 0.3 is 0 Å². The molecule has 2 bridgehead atoms. The zero-order chi connectivity index (χ0) is 18.4. The first kappa shape index (κ1) is 16.3. The highest BCUT2D eigenvalue weighted by Gasteiger charge is 2.40. The van der Waals surface area contributed by atoms with E-state index >= 15 is 0 Å². The van der Waals surface area contributed by atoms with Crippen LogP contribution in [0.3, 0.4) is 0 Å². The number of carbonyl (C=O) groups excluding carboxylic acids is 1. The minimum Gasteiger partial charge on any atom is -0.350 e. The fourth-order valence-electron chi connectivity index (χ4n) is 4.15. The first-order chi connectivity index (χ1) is 13.2. The Balaban J connectivity index is 1.46. The molecule has 5 heteroatoms. The van der Waals surface area contributed by atoms with Gasteiger partial charge in [-0.15, -0.1) is 0 Å². The molecule has 3 atom stereocenters. The highest BCUT2D eigenvalue weighted by atomic mass is 16.7. The number of amides is 1. The smallest absolute Gasteiger partial charge is 0.280 e. The van der Waals surface area contributed by atoms with Crippen molar-refractivity contribution in [3.63, 3.8) is 0 Å². The number of fused-ring (bicyclic) bond motifs is 3. The van der Waals surface area contributed by atoms with Crippen molar-refractivity contribution >= 4 is 16.8 Å². The van der Waals surface area contributed by atoms with Gasteiger partial charge in [-0.2, -0.15) is 0 Å². The summed E-state index contributed by atoms with van der Waals surface area (Å²) >= 11 is 0. The van der Waals surface area contributed by atoms with Crippen LogP contribution in [0, 0.1) is 0 Å². The summed E-state index contributed by atoms with van der Waals surface area (Å²) in [6.45, 7) is 1.25. The van der Waals surface area contributed by atoms with Gasteiger partial charge in [0.15, 0.2) is 0 Å². The molecule has 2 aliphatic heterocycles. The largest absolute Gasteiger partial charge is 0.350 e. The second kappa shape index (κ2) is 6.37. The third-order valence-electron chi connectivity index (χ3n) is 5.42. The minimum atomic E-state index is -0.172. The molecule has 0 spiro atoms. The second-order valence-corrected chi connectivity index (χ2v) is 7.12. The molecule has 0 N–H and O–H groups in total. The zero-order valence-electron chi connectivity index (χ0n) is 15.2. The Kier molecular flexibility index (Phi) is 3.85. The summed E-state index contributed by atoms with van der Waals surface area (Å²) in [5.74, 6) is -0.0939. The molecule has 1 aromatic heterocycles. The molecule has 0 radical (unpaired) electrons. The molecule has 3 aromatic rings. The summed E-state index contributed by atoms with van der Waals surface area (Å²) in [6, 6.07) is 18.4. The van der Waals surface area contributed by atoms with E-state index in [2.05, 4.69) is 29.2 Å². The molecule has 27 heavy (non-hydrogen) atoms. The lowest BCUT2D eigenvalue weighted by molar-refractivity contribution is -0.232. The maximum Gasteiger partial charge on any atom is 0.280 e. The van der Waals surface area contributed by atoms with Crippen molar-refractivity contribution in [2.75, 3.05) is 13.2 Å². The van der Waals surface area contributed by atoms with E-state index in [0.717, 1.165) is 17.4 Å². The van der Waals surface area contributed by atoms with Crippen LogP contribution in [0.4, 0.5) is 0 Å². The fraction of sp³-hybridized carbons (Fsp3) is 0.227. The number of hydrogen-bond acceptors (Lipinski definition) is 3. The Hall–Kier alpha value is -2.89. The molecule has 2 aliphatic rings. The number of carbonyl (C=O) groups is 1. The Morgan fingerprint density at radius 1 is 1.07 bits per heavy atom. The van der Waals surface area contributed by atoms with Gasteiger partial charge in [-0.3, -0.25) is 14.5 Å². The molecule has 5 nitrogen and oxygen atoms in total. The summed E-state index contributed by atoms with van der Waals surface area (Å²) < 4.78 is 1.99. The van der Waals surface area contributed by atoms with Gasteiger partial charge in [-0.1, -0.05) is 60.7 Å². The maximum atomic E-state index is 13.2. The predicted octanol–water partition coefficient (Wildman–Crippen LogP) is 3.50. The molecule has 1 amide bonds. The van der Waals surface area contributed by atoms with E-state index in [1.54, 1.807) is 0 Å². The van der Waals surface area contributed by atoms with Crippen molar-refractivity contribution in [1.29, 1.82) is 0 Å².